The second kappa shape index (κ2) is 13.1. The normalized spacial score (nSPS) is 14.0. The lowest BCUT2D eigenvalue weighted by atomic mass is 10.2. The molecule has 208 valence electrons. The summed E-state index contributed by atoms with van der Waals surface area (Å²) in [7, 11) is 1.61. The van der Waals surface area contributed by atoms with Crippen LogP contribution in [-0.2, 0) is 9.53 Å². The molecule has 1 N–H and O–H groups in total. The molecule has 0 radical (unpaired) electrons. The summed E-state index contributed by atoms with van der Waals surface area (Å²) in [6, 6.07) is 22.7. The highest BCUT2D eigenvalue weighted by Gasteiger charge is 2.22. The van der Waals surface area contributed by atoms with Crippen molar-refractivity contribution >= 4 is 40.6 Å². The minimum absolute atomic E-state index is 0.138. The van der Waals surface area contributed by atoms with Crippen LogP contribution in [0.5, 0.6) is 11.5 Å². The number of methoxy groups -OCH3 is 1. The Balaban J connectivity index is 1.28. The lowest BCUT2D eigenvalue weighted by Gasteiger charge is -2.29. The maximum absolute atomic E-state index is 12.9. The first-order chi connectivity index (χ1) is 19.5. The van der Waals surface area contributed by atoms with Gasteiger partial charge in [-0.1, -0.05) is 47.6 Å². The molecule has 0 saturated carbocycles. The van der Waals surface area contributed by atoms with Gasteiger partial charge < -0.3 is 24.4 Å². The smallest absolute Gasteiger partial charge is 0.234 e. The molecular formula is C29H30ClN5O4S. The highest BCUT2D eigenvalue weighted by Crippen LogP contribution is 2.31. The van der Waals surface area contributed by atoms with Crippen molar-refractivity contribution < 1.29 is 19.0 Å². The molecule has 2 heterocycles. The lowest BCUT2D eigenvalue weighted by Crippen LogP contribution is -2.36. The molecule has 1 aromatic heterocycles. The fourth-order valence-electron chi connectivity index (χ4n) is 4.36. The van der Waals surface area contributed by atoms with Gasteiger partial charge in [-0.3, -0.25) is 9.36 Å². The minimum Gasteiger partial charge on any atom is -0.497 e. The van der Waals surface area contributed by atoms with E-state index in [0.717, 1.165) is 24.5 Å². The van der Waals surface area contributed by atoms with Crippen LogP contribution in [0.1, 0.15) is 18.9 Å². The average Bonchev–Trinajstić information content (AvgIpc) is 3.41. The molecule has 1 atom stereocenters. The SMILES string of the molecule is COc1cccc(OC(C)c2nnc(SCC(=O)Nc3ccc(N4CCOCC4)c(Cl)c3)n2-c2ccccc2)c1. The molecule has 0 bridgehead atoms. The molecule has 5 rings (SSSR count). The minimum atomic E-state index is -0.421. The van der Waals surface area contributed by atoms with Crippen molar-refractivity contribution in [3.05, 3.63) is 83.6 Å². The summed E-state index contributed by atoms with van der Waals surface area (Å²) >= 11 is 7.83. The Bertz CT molecular complexity index is 1450. The van der Waals surface area contributed by atoms with E-state index in [1.54, 1.807) is 13.2 Å². The number of nitrogens with one attached hydrogen (secondary N) is 1. The summed E-state index contributed by atoms with van der Waals surface area (Å²) in [6.07, 6.45) is -0.421. The first kappa shape index (κ1) is 27.8. The second-order valence-corrected chi connectivity index (χ2v) is 10.4. The van der Waals surface area contributed by atoms with E-state index < -0.39 is 6.10 Å². The summed E-state index contributed by atoms with van der Waals surface area (Å²) in [6.45, 7) is 4.83. The Morgan fingerprint density at radius 2 is 1.82 bits per heavy atom. The number of carbonyl (C=O) groups excluding carboxylic acids is 1. The molecule has 4 aromatic rings. The van der Waals surface area contributed by atoms with Gasteiger partial charge in [0.15, 0.2) is 17.1 Å². The quantitative estimate of drug-likeness (QED) is 0.242. The van der Waals surface area contributed by atoms with E-state index in [4.69, 9.17) is 25.8 Å². The van der Waals surface area contributed by atoms with Crippen molar-refractivity contribution in [1.82, 2.24) is 14.8 Å². The Kier molecular flexibility index (Phi) is 9.10. The number of hydrogen-bond acceptors (Lipinski definition) is 8. The topological polar surface area (TPSA) is 90.7 Å². The molecular weight excluding hydrogens is 550 g/mol. The number of hydrogen-bond donors (Lipinski definition) is 1. The van der Waals surface area contributed by atoms with Gasteiger partial charge in [0.2, 0.25) is 5.91 Å². The van der Waals surface area contributed by atoms with Gasteiger partial charge in [-0.2, -0.15) is 0 Å². The number of anilines is 2. The van der Waals surface area contributed by atoms with Crippen LogP contribution < -0.4 is 19.7 Å². The number of halogens is 1. The molecule has 0 spiro atoms. The van der Waals surface area contributed by atoms with E-state index in [1.807, 2.05) is 78.2 Å². The summed E-state index contributed by atoms with van der Waals surface area (Å²) < 4.78 is 18.8. The van der Waals surface area contributed by atoms with Crippen LogP contribution in [0.2, 0.25) is 5.02 Å². The summed E-state index contributed by atoms with van der Waals surface area (Å²) in [5.74, 6) is 1.93. The van der Waals surface area contributed by atoms with Gasteiger partial charge in [0.05, 0.1) is 36.8 Å². The number of para-hydroxylation sites is 1. The third kappa shape index (κ3) is 6.70. The van der Waals surface area contributed by atoms with E-state index in [-0.39, 0.29) is 11.7 Å². The number of benzene rings is 3. The maximum atomic E-state index is 12.9. The number of carbonyl (C=O) groups is 1. The molecule has 1 aliphatic rings. The van der Waals surface area contributed by atoms with Gasteiger partial charge in [-0.25, -0.2) is 0 Å². The number of amides is 1. The van der Waals surface area contributed by atoms with E-state index in [9.17, 15) is 4.79 Å². The van der Waals surface area contributed by atoms with Crippen molar-refractivity contribution in [2.75, 3.05) is 49.4 Å². The molecule has 1 unspecified atom stereocenters. The van der Waals surface area contributed by atoms with Gasteiger partial charge in [0.1, 0.15) is 11.5 Å². The predicted molar refractivity (Wildman–Crippen MR) is 157 cm³/mol. The van der Waals surface area contributed by atoms with Crippen molar-refractivity contribution in [2.45, 2.75) is 18.2 Å². The van der Waals surface area contributed by atoms with Crippen LogP contribution in [0.15, 0.2) is 78.0 Å². The number of thioether (sulfide) groups is 1. The Labute approximate surface area is 242 Å². The number of aromatic nitrogens is 3. The van der Waals surface area contributed by atoms with Gasteiger partial charge in [-0.05, 0) is 49.4 Å². The number of rotatable bonds is 10. The van der Waals surface area contributed by atoms with Crippen LogP contribution in [0.3, 0.4) is 0 Å². The fourth-order valence-corrected chi connectivity index (χ4v) is 5.42. The van der Waals surface area contributed by atoms with E-state index in [0.29, 0.717) is 46.4 Å². The highest BCUT2D eigenvalue weighted by molar-refractivity contribution is 7.99. The summed E-state index contributed by atoms with van der Waals surface area (Å²) in [5.41, 5.74) is 2.45. The Morgan fingerprint density at radius 3 is 2.58 bits per heavy atom. The largest absolute Gasteiger partial charge is 0.497 e. The summed E-state index contributed by atoms with van der Waals surface area (Å²) in [4.78, 5) is 15.1. The lowest BCUT2D eigenvalue weighted by molar-refractivity contribution is -0.113. The zero-order chi connectivity index (χ0) is 27.9. The van der Waals surface area contributed by atoms with Gasteiger partial charge in [0, 0.05) is 30.5 Å². The first-order valence-corrected chi connectivity index (χ1v) is 14.2. The number of morpholine rings is 1. The third-order valence-electron chi connectivity index (χ3n) is 6.31. The maximum Gasteiger partial charge on any atom is 0.234 e. The number of ether oxygens (including phenoxy) is 3. The zero-order valence-corrected chi connectivity index (χ0v) is 23.8. The van der Waals surface area contributed by atoms with Crippen LogP contribution in [0.4, 0.5) is 11.4 Å². The van der Waals surface area contributed by atoms with Gasteiger partial charge >= 0.3 is 0 Å². The molecule has 0 aliphatic carbocycles. The van der Waals surface area contributed by atoms with E-state index in [2.05, 4.69) is 20.4 Å². The predicted octanol–water partition coefficient (Wildman–Crippen LogP) is 5.64. The number of nitrogens with zero attached hydrogens (tertiary/aromatic N) is 4. The van der Waals surface area contributed by atoms with Gasteiger partial charge in [0.25, 0.3) is 0 Å². The first-order valence-electron chi connectivity index (χ1n) is 12.9. The molecule has 1 aliphatic heterocycles. The average molecular weight is 580 g/mol. The fraction of sp³-hybridized carbons (Fsp3) is 0.276. The molecule has 9 nitrogen and oxygen atoms in total. The second-order valence-electron chi connectivity index (χ2n) is 9.05. The zero-order valence-electron chi connectivity index (χ0n) is 22.2. The standard InChI is InChI=1S/C29H30ClN5O4S/c1-20(39-24-10-6-9-23(18-24)37-2)28-32-33-29(35(28)22-7-4-3-5-8-22)40-19-27(36)31-21-11-12-26(25(30)17-21)34-13-15-38-16-14-34/h3-12,17-18,20H,13-16,19H2,1-2H3,(H,31,36). The molecule has 40 heavy (non-hydrogen) atoms. The summed E-state index contributed by atoms with van der Waals surface area (Å²) in [5, 5.41) is 12.9. The van der Waals surface area contributed by atoms with Crippen LogP contribution >= 0.6 is 23.4 Å². The van der Waals surface area contributed by atoms with Crippen molar-refractivity contribution in [3.63, 3.8) is 0 Å². The van der Waals surface area contributed by atoms with Crippen molar-refractivity contribution in [1.29, 1.82) is 0 Å². The van der Waals surface area contributed by atoms with Crippen LogP contribution in [0, 0.1) is 0 Å². The van der Waals surface area contributed by atoms with Crippen LogP contribution in [-0.4, -0.2) is 59.8 Å². The molecule has 1 fully saturated rings. The highest BCUT2D eigenvalue weighted by atomic mass is 35.5. The Hall–Kier alpha value is -3.73. The molecule has 11 heteroatoms. The van der Waals surface area contributed by atoms with E-state index >= 15 is 0 Å². The molecule has 3 aromatic carbocycles. The van der Waals surface area contributed by atoms with Crippen LogP contribution in [0.25, 0.3) is 5.69 Å². The monoisotopic (exact) mass is 579 g/mol. The third-order valence-corrected chi connectivity index (χ3v) is 7.54. The van der Waals surface area contributed by atoms with Crippen molar-refractivity contribution in [3.8, 4) is 17.2 Å². The molecule has 1 amide bonds. The van der Waals surface area contributed by atoms with Gasteiger partial charge in [-0.15, -0.1) is 10.2 Å². The van der Waals surface area contributed by atoms with Crippen molar-refractivity contribution in [2.24, 2.45) is 0 Å². The Morgan fingerprint density at radius 1 is 1.05 bits per heavy atom. The molecule has 1 saturated heterocycles. The van der Waals surface area contributed by atoms with E-state index in [1.165, 1.54) is 11.8 Å².